The minimum atomic E-state index is 0.664. The molecule has 0 unspecified atom stereocenters. The van der Waals surface area contributed by atoms with E-state index in [1.807, 2.05) is 6.92 Å². The molecule has 0 aliphatic rings. The third-order valence-corrected chi connectivity index (χ3v) is 2.97. The molecule has 0 saturated heterocycles. The highest BCUT2D eigenvalue weighted by molar-refractivity contribution is 9.10. The van der Waals surface area contributed by atoms with Crippen molar-refractivity contribution in [1.82, 2.24) is 4.98 Å². The second kappa shape index (κ2) is 3.13. The highest BCUT2D eigenvalue weighted by atomic mass is 79.9. The molecule has 0 atom stereocenters. The van der Waals surface area contributed by atoms with Crippen molar-refractivity contribution < 1.29 is 0 Å². The van der Waals surface area contributed by atoms with Crippen molar-refractivity contribution in [3.05, 3.63) is 14.5 Å². The van der Waals surface area contributed by atoms with Crippen molar-refractivity contribution in [1.29, 1.82) is 5.26 Å². The van der Waals surface area contributed by atoms with Crippen LogP contribution in [0, 0.1) is 11.3 Å². The lowest BCUT2D eigenvalue weighted by Crippen LogP contribution is -1.73. The van der Waals surface area contributed by atoms with Gasteiger partial charge in [0.2, 0.25) is 0 Å². The summed E-state index contributed by atoms with van der Waals surface area (Å²) in [7, 11) is 0. The van der Waals surface area contributed by atoms with Crippen molar-refractivity contribution >= 4 is 27.3 Å². The lowest BCUT2D eigenvalue weighted by molar-refractivity contribution is 1.08. The first kappa shape index (κ1) is 7.70. The number of hydrogen-bond acceptors (Lipinski definition) is 3. The first-order chi connectivity index (χ1) is 4.77. The van der Waals surface area contributed by atoms with Crippen LogP contribution in [-0.2, 0) is 6.42 Å². The predicted molar refractivity (Wildman–Crippen MR) is 43.9 cm³/mol. The molecular formula is C6H5BrN2S. The van der Waals surface area contributed by atoms with Gasteiger partial charge in [-0.1, -0.05) is 6.92 Å². The molecule has 0 radical (unpaired) electrons. The molecular weight excluding hydrogens is 212 g/mol. The highest BCUT2D eigenvalue weighted by Crippen LogP contribution is 2.22. The second-order valence-electron chi connectivity index (χ2n) is 1.69. The van der Waals surface area contributed by atoms with Crippen LogP contribution in [-0.4, -0.2) is 4.98 Å². The number of nitriles is 1. The molecule has 1 heterocycles. The van der Waals surface area contributed by atoms with Crippen molar-refractivity contribution in [2.24, 2.45) is 0 Å². The number of hydrogen-bond donors (Lipinski definition) is 0. The van der Waals surface area contributed by atoms with Crippen LogP contribution in [0.25, 0.3) is 0 Å². The Morgan fingerprint density at radius 3 is 2.80 bits per heavy atom. The summed E-state index contributed by atoms with van der Waals surface area (Å²) < 4.78 is 0.678. The van der Waals surface area contributed by atoms with E-state index in [-0.39, 0.29) is 0 Å². The van der Waals surface area contributed by atoms with Gasteiger partial charge in [0.05, 0.1) is 5.01 Å². The van der Waals surface area contributed by atoms with Crippen LogP contribution in [0.2, 0.25) is 0 Å². The van der Waals surface area contributed by atoms with Crippen LogP contribution in [0.5, 0.6) is 0 Å². The van der Waals surface area contributed by atoms with Crippen LogP contribution in [0.1, 0.15) is 16.8 Å². The third kappa shape index (κ3) is 1.36. The van der Waals surface area contributed by atoms with E-state index in [0.29, 0.717) is 9.48 Å². The summed E-state index contributed by atoms with van der Waals surface area (Å²) in [6, 6.07) is 2.06. The molecule has 0 amide bonds. The maximum Gasteiger partial charge on any atom is 0.139 e. The van der Waals surface area contributed by atoms with Crippen molar-refractivity contribution in [2.45, 2.75) is 13.3 Å². The first-order valence-electron chi connectivity index (χ1n) is 2.83. The van der Waals surface area contributed by atoms with Gasteiger partial charge in [-0.05, 0) is 22.4 Å². The molecule has 0 saturated carbocycles. The SMILES string of the molecule is CCc1nc(Br)c(C#N)s1. The lowest BCUT2D eigenvalue weighted by atomic mass is 10.5. The van der Waals surface area contributed by atoms with Crippen molar-refractivity contribution in [3.63, 3.8) is 0 Å². The van der Waals surface area contributed by atoms with Gasteiger partial charge in [-0.15, -0.1) is 11.3 Å². The molecule has 0 bridgehead atoms. The molecule has 0 aromatic carbocycles. The molecule has 1 aromatic heterocycles. The minimum Gasteiger partial charge on any atom is -0.233 e. The monoisotopic (exact) mass is 216 g/mol. The Kier molecular flexibility index (Phi) is 2.41. The fourth-order valence-electron chi connectivity index (χ4n) is 0.563. The Bertz CT molecular complexity index is 274. The van der Waals surface area contributed by atoms with Crippen LogP contribution in [0.3, 0.4) is 0 Å². The summed E-state index contributed by atoms with van der Waals surface area (Å²) in [6.07, 6.45) is 0.894. The average molecular weight is 217 g/mol. The molecule has 0 aliphatic heterocycles. The van der Waals surface area contributed by atoms with Crippen LogP contribution in [0.15, 0.2) is 4.60 Å². The Morgan fingerprint density at radius 1 is 1.80 bits per heavy atom. The fourth-order valence-corrected chi connectivity index (χ4v) is 1.92. The molecule has 0 aliphatic carbocycles. The summed E-state index contributed by atoms with van der Waals surface area (Å²) >= 11 is 4.64. The summed E-state index contributed by atoms with van der Waals surface area (Å²) in [5, 5.41) is 9.52. The van der Waals surface area contributed by atoms with E-state index in [9.17, 15) is 0 Å². The molecule has 0 fully saturated rings. The van der Waals surface area contributed by atoms with Gasteiger partial charge in [0.25, 0.3) is 0 Å². The normalized spacial score (nSPS) is 9.30. The van der Waals surface area contributed by atoms with E-state index in [4.69, 9.17) is 5.26 Å². The summed E-state index contributed by atoms with van der Waals surface area (Å²) in [4.78, 5) is 4.78. The molecule has 1 aromatic rings. The Balaban J connectivity index is 3.07. The van der Waals surface area contributed by atoms with Gasteiger partial charge in [0.1, 0.15) is 15.5 Å². The largest absolute Gasteiger partial charge is 0.233 e. The Labute approximate surface area is 71.6 Å². The third-order valence-electron chi connectivity index (χ3n) is 1.03. The van der Waals surface area contributed by atoms with E-state index in [1.165, 1.54) is 11.3 Å². The highest BCUT2D eigenvalue weighted by Gasteiger charge is 2.04. The summed E-state index contributed by atoms with van der Waals surface area (Å²) in [5.41, 5.74) is 0. The first-order valence-corrected chi connectivity index (χ1v) is 4.44. The van der Waals surface area contributed by atoms with E-state index in [2.05, 4.69) is 27.0 Å². The predicted octanol–water partition coefficient (Wildman–Crippen LogP) is 2.34. The molecule has 52 valence electrons. The number of thiazole rings is 1. The second-order valence-corrected chi connectivity index (χ2v) is 3.53. The summed E-state index contributed by atoms with van der Waals surface area (Å²) in [6.45, 7) is 2.02. The van der Waals surface area contributed by atoms with Gasteiger partial charge in [0, 0.05) is 0 Å². The van der Waals surface area contributed by atoms with Crippen molar-refractivity contribution in [3.8, 4) is 6.07 Å². The quantitative estimate of drug-likeness (QED) is 0.723. The van der Waals surface area contributed by atoms with E-state index < -0.39 is 0 Å². The lowest BCUT2D eigenvalue weighted by Gasteiger charge is -1.78. The van der Waals surface area contributed by atoms with Crippen LogP contribution in [0.4, 0.5) is 0 Å². The number of rotatable bonds is 1. The van der Waals surface area contributed by atoms with Crippen LogP contribution >= 0.6 is 27.3 Å². The van der Waals surface area contributed by atoms with E-state index in [1.54, 1.807) is 0 Å². The topological polar surface area (TPSA) is 36.7 Å². The maximum absolute atomic E-state index is 8.52. The van der Waals surface area contributed by atoms with Gasteiger partial charge >= 0.3 is 0 Å². The van der Waals surface area contributed by atoms with E-state index in [0.717, 1.165) is 11.4 Å². The maximum atomic E-state index is 8.52. The number of nitrogens with zero attached hydrogens (tertiary/aromatic N) is 2. The molecule has 1 rings (SSSR count). The van der Waals surface area contributed by atoms with Crippen molar-refractivity contribution in [2.75, 3.05) is 0 Å². The van der Waals surface area contributed by atoms with Gasteiger partial charge < -0.3 is 0 Å². The smallest absolute Gasteiger partial charge is 0.139 e. The molecule has 0 spiro atoms. The number of halogens is 1. The molecule has 2 nitrogen and oxygen atoms in total. The number of aromatic nitrogens is 1. The van der Waals surface area contributed by atoms with Gasteiger partial charge in [-0.2, -0.15) is 5.26 Å². The zero-order chi connectivity index (χ0) is 7.56. The van der Waals surface area contributed by atoms with E-state index >= 15 is 0 Å². The standard InChI is InChI=1S/C6H5BrN2S/c1-2-5-9-6(7)4(3-8)10-5/h2H2,1H3. The number of aryl methyl sites for hydroxylation is 1. The molecule has 4 heteroatoms. The van der Waals surface area contributed by atoms with Gasteiger partial charge in [-0.25, -0.2) is 4.98 Å². The Morgan fingerprint density at radius 2 is 2.50 bits per heavy atom. The average Bonchev–Trinajstić information content (AvgIpc) is 2.30. The fraction of sp³-hybridized carbons (Fsp3) is 0.333. The Hall–Kier alpha value is -0.400. The van der Waals surface area contributed by atoms with Gasteiger partial charge in [0.15, 0.2) is 0 Å². The minimum absolute atomic E-state index is 0.664. The zero-order valence-corrected chi connectivity index (χ0v) is 7.79. The molecule has 0 N–H and O–H groups in total. The van der Waals surface area contributed by atoms with Crippen LogP contribution < -0.4 is 0 Å². The summed E-state index contributed by atoms with van der Waals surface area (Å²) in [5.74, 6) is 0. The van der Waals surface area contributed by atoms with Gasteiger partial charge in [-0.3, -0.25) is 0 Å². The zero-order valence-electron chi connectivity index (χ0n) is 5.39. The molecule has 10 heavy (non-hydrogen) atoms.